The number of piperidine rings is 1. The quantitative estimate of drug-likeness (QED) is 0.362. The Morgan fingerprint density at radius 3 is 2.69 bits per heavy atom. The number of nitrogens with one attached hydrogen (secondary N) is 1. The molecular formula is C25H34ClN5O5. The molecule has 196 valence electrons. The third-order valence-corrected chi connectivity index (χ3v) is 7.28. The Balaban J connectivity index is 1.38. The van der Waals surface area contributed by atoms with E-state index < -0.39 is 6.29 Å². The van der Waals surface area contributed by atoms with Crippen molar-refractivity contribution >= 4 is 29.4 Å². The SMILES string of the molecule is CC(=O)Nc1ccn(C(=O)N2CCC3(CCCN3Cc3ccc(Cl)cc3OCCCC(O)O)CC2)n1. The number of amides is 2. The van der Waals surface area contributed by atoms with Crippen LogP contribution in [0.1, 0.15) is 51.0 Å². The molecule has 3 heterocycles. The molecular weight excluding hydrogens is 486 g/mol. The zero-order chi connectivity index (χ0) is 25.7. The van der Waals surface area contributed by atoms with Crippen molar-refractivity contribution in [1.82, 2.24) is 19.6 Å². The number of hydrogen-bond donors (Lipinski definition) is 3. The standard InChI is InChI=1S/C25H34ClN5O5/c1-18(32)27-22-7-12-31(28-22)24(35)29-13-9-25(10-14-29)8-3-11-30(25)17-19-5-6-20(26)16-21(19)36-15-2-4-23(33)34/h5-7,12,16,23,33-34H,2-4,8-11,13-15,17H2,1H3,(H,27,28,32). The maximum Gasteiger partial charge on any atom is 0.344 e. The molecule has 0 aliphatic carbocycles. The number of benzene rings is 1. The highest BCUT2D eigenvalue weighted by molar-refractivity contribution is 6.30. The van der Waals surface area contributed by atoms with Crippen LogP contribution < -0.4 is 10.1 Å². The van der Waals surface area contributed by atoms with Gasteiger partial charge in [0.05, 0.1) is 6.61 Å². The Morgan fingerprint density at radius 1 is 1.19 bits per heavy atom. The Hall–Kier alpha value is -2.66. The van der Waals surface area contributed by atoms with E-state index in [9.17, 15) is 9.59 Å². The van der Waals surface area contributed by atoms with Crippen molar-refractivity contribution in [3.8, 4) is 5.75 Å². The van der Waals surface area contributed by atoms with Gasteiger partial charge in [-0.15, -0.1) is 5.10 Å². The molecule has 1 spiro atoms. The molecule has 1 aromatic heterocycles. The molecule has 0 radical (unpaired) electrons. The number of aromatic nitrogens is 2. The van der Waals surface area contributed by atoms with Crippen LogP contribution in [0.4, 0.5) is 10.6 Å². The molecule has 0 atom stereocenters. The molecule has 0 bridgehead atoms. The maximum atomic E-state index is 13.0. The van der Waals surface area contributed by atoms with Gasteiger partial charge in [0.1, 0.15) is 5.75 Å². The molecule has 2 aliphatic heterocycles. The van der Waals surface area contributed by atoms with Crippen LogP contribution >= 0.6 is 11.6 Å². The molecule has 2 saturated heterocycles. The third-order valence-electron chi connectivity index (χ3n) is 7.05. The molecule has 36 heavy (non-hydrogen) atoms. The number of anilines is 1. The van der Waals surface area contributed by atoms with Crippen LogP contribution in [0.15, 0.2) is 30.5 Å². The first kappa shape index (κ1) is 26.4. The summed E-state index contributed by atoms with van der Waals surface area (Å²) in [6.07, 6.45) is 4.96. The van der Waals surface area contributed by atoms with Crippen LogP contribution in [0, 0.1) is 0 Å². The average molecular weight is 520 g/mol. The van der Waals surface area contributed by atoms with Crippen LogP contribution in [0.3, 0.4) is 0 Å². The second-order valence-electron chi connectivity index (χ2n) is 9.57. The fraction of sp³-hybridized carbons (Fsp3) is 0.560. The highest BCUT2D eigenvalue weighted by Gasteiger charge is 2.44. The number of hydrogen-bond acceptors (Lipinski definition) is 7. The topological polar surface area (TPSA) is 120 Å². The summed E-state index contributed by atoms with van der Waals surface area (Å²) in [5.74, 6) is 0.852. The molecule has 2 aromatic rings. The van der Waals surface area contributed by atoms with Crippen molar-refractivity contribution in [1.29, 1.82) is 0 Å². The number of halogens is 1. The van der Waals surface area contributed by atoms with E-state index >= 15 is 0 Å². The number of aliphatic hydroxyl groups is 2. The number of likely N-dealkylation sites (tertiary alicyclic amines) is 2. The van der Waals surface area contributed by atoms with Crippen LogP contribution in [-0.4, -0.2) is 79.8 Å². The van der Waals surface area contributed by atoms with Gasteiger partial charge in [-0.05, 0) is 50.8 Å². The van der Waals surface area contributed by atoms with Crippen molar-refractivity contribution in [3.63, 3.8) is 0 Å². The predicted octanol–water partition coefficient (Wildman–Crippen LogP) is 3.06. The van der Waals surface area contributed by atoms with Crippen LogP contribution in [0.25, 0.3) is 0 Å². The van der Waals surface area contributed by atoms with E-state index in [1.165, 1.54) is 11.6 Å². The van der Waals surface area contributed by atoms with Crippen molar-refractivity contribution in [2.75, 3.05) is 31.6 Å². The van der Waals surface area contributed by atoms with Gasteiger partial charge in [-0.25, -0.2) is 4.79 Å². The van der Waals surface area contributed by atoms with Crippen LogP contribution in [-0.2, 0) is 11.3 Å². The Bertz CT molecular complexity index is 1070. The second-order valence-corrected chi connectivity index (χ2v) is 10.0. The summed E-state index contributed by atoms with van der Waals surface area (Å²) in [5.41, 5.74) is 1.07. The molecule has 0 saturated carbocycles. The van der Waals surface area contributed by atoms with Gasteiger partial charge in [-0.1, -0.05) is 17.7 Å². The minimum Gasteiger partial charge on any atom is -0.493 e. The van der Waals surface area contributed by atoms with E-state index in [2.05, 4.69) is 15.3 Å². The van der Waals surface area contributed by atoms with Gasteiger partial charge in [0, 0.05) is 61.4 Å². The first-order valence-corrected chi connectivity index (χ1v) is 12.8. The maximum absolute atomic E-state index is 13.0. The number of carbonyl (C=O) groups is 2. The van der Waals surface area contributed by atoms with Crippen molar-refractivity contribution in [2.24, 2.45) is 0 Å². The zero-order valence-electron chi connectivity index (χ0n) is 20.5. The van der Waals surface area contributed by atoms with E-state index in [1.807, 2.05) is 23.1 Å². The highest BCUT2D eigenvalue weighted by Crippen LogP contribution is 2.40. The van der Waals surface area contributed by atoms with E-state index in [0.717, 1.165) is 50.1 Å². The molecule has 3 N–H and O–H groups in total. The second kappa shape index (κ2) is 11.6. The fourth-order valence-corrected chi connectivity index (χ4v) is 5.35. The average Bonchev–Trinajstić information content (AvgIpc) is 3.45. The number of rotatable bonds is 8. The molecule has 2 amide bonds. The zero-order valence-corrected chi connectivity index (χ0v) is 21.3. The summed E-state index contributed by atoms with van der Waals surface area (Å²) in [7, 11) is 0. The lowest BCUT2D eigenvalue weighted by molar-refractivity contribution is -0.114. The van der Waals surface area contributed by atoms with Gasteiger partial charge in [-0.3, -0.25) is 9.69 Å². The molecule has 0 unspecified atom stereocenters. The van der Waals surface area contributed by atoms with E-state index in [1.54, 1.807) is 12.3 Å². The lowest BCUT2D eigenvalue weighted by Gasteiger charge is -2.45. The van der Waals surface area contributed by atoms with Gasteiger partial charge >= 0.3 is 6.03 Å². The molecule has 2 aliphatic rings. The van der Waals surface area contributed by atoms with Gasteiger partial charge in [-0.2, -0.15) is 4.68 Å². The first-order valence-electron chi connectivity index (χ1n) is 12.4. The Morgan fingerprint density at radius 2 is 1.97 bits per heavy atom. The summed E-state index contributed by atoms with van der Waals surface area (Å²) < 4.78 is 7.24. The lowest BCUT2D eigenvalue weighted by Crippen LogP contribution is -2.53. The monoisotopic (exact) mass is 519 g/mol. The Kier molecular flexibility index (Phi) is 8.50. The Labute approximate surface area is 215 Å². The van der Waals surface area contributed by atoms with Crippen LogP contribution in [0.5, 0.6) is 5.75 Å². The summed E-state index contributed by atoms with van der Waals surface area (Å²) in [4.78, 5) is 28.5. The van der Waals surface area contributed by atoms with E-state index in [0.29, 0.717) is 37.0 Å². The molecule has 2 fully saturated rings. The van der Waals surface area contributed by atoms with Gasteiger partial charge < -0.3 is 25.2 Å². The van der Waals surface area contributed by atoms with Gasteiger partial charge in [0.15, 0.2) is 12.1 Å². The van der Waals surface area contributed by atoms with Crippen molar-refractivity contribution < 1.29 is 24.5 Å². The normalized spacial score (nSPS) is 17.6. The first-order chi connectivity index (χ1) is 17.3. The summed E-state index contributed by atoms with van der Waals surface area (Å²) in [6, 6.07) is 7.10. The van der Waals surface area contributed by atoms with Crippen molar-refractivity contribution in [2.45, 2.75) is 63.8 Å². The minimum absolute atomic E-state index is 0.0279. The lowest BCUT2D eigenvalue weighted by atomic mass is 9.84. The number of carbonyl (C=O) groups excluding carboxylic acids is 2. The van der Waals surface area contributed by atoms with Crippen molar-refractivity contribution in [3.05, 3.63) is 41.0 Å². The number of ether oxygens (including phenoxy) is 1. The number of nitrogens with zero attached hydrogens (tertiary/aromatic N) is 4. The molecule has 11 heteroatoms. The third kappa shape index (κ3) is 6.36. The minimum atomic E-state index is -1.33. The summed E-state index contributed by atoms with van der Waals surface area (Å²) in [6.45, 7) is 4.76. The molecule has 4 rings (SSSR count). The van der Waals surface area contributed by atoms with E-state index in [4.69, 9.17) is 26.6 Å². The summed E-state index contributed by atoms with van der Waals surface area (Å²) in [5, 5.41) is 25.5. The number of aliphatic hydroxyl groups excluding tert-OH is 1. The molecule has 1 aromatic carbocycles. The van der Waals surface area contributed by atoms with Gasteiger partial charge in [0.2, 0.25) is 5.91 Å². The largest absolute Gasteiger partial charge is 0.493 e. The smallest absolute Gasteiger partial charge is 0.344 e. The fourth-order valence-electron chi connectivity index (χ4n) is 5.19. The molecule has 10 nitrogen and oxygen atoms in total. The predicted molar refractivity (Wildman–Crippen MR) is 135 cm³/mol. The van der Waals surface area contributed by atoms with Crippen LogP contribution in [0.2, 0.25) is 5.02 Å². The van der Waals surface area contributed by atoms with E-state index in [-0.39, 0.29) is 23.9 Å². The van der Waals surface area contributed by atoms with Gasteiger partial charge in [0.25, 0.3) is 0 Å². The highest BCUT2D eigenvalue weighted by atomic mass is 35.5. The summed E-state index contributed by atoms with van der Waals surface area (Å²) >= 11 is 6.22.